The van der Waals surface area contributed by atoms with E-state index in [1.54, 1.807) is 6.33 Å². The number of aromatic nitrogens is 2. The molecule has 0 aliphatic heterocycles. The molecule has 2 aromatic heterocycles. The monoisotopic (exact) mass is 308 g/mol. The number of carboxylic acids is 2. The molecule has 3 N–H and O–H groups in total. The van der Waals surface area contributed by atoms with E-state index >= 15 is 0 Å². The molecule has 6 nitrogen and oxygen atoms in total. The van der Waals surface area contributed by atoms with Gasteiger partial charge in [0.1, 0.15) is 0 Å². The van der Waals surface area contributed by atoms with Gasteiger partial charge in [0.2, 0.25) is 0 Å². The molecule has 0 radical (unpaired) electrons. The minimum atomic E-state index is -1.26. The maximum absolute atomic E-state index is 9.55. The van der Waals surface area contributed by atoms with Crippen LogP contribution in [0.1, 0.15) is 21.7 Å². The second kappa shape index (κ2) is 8.01. The number of aliphatic carboxylic acids is 2. The summed E-state index contributed by atoms with van der Waals surface area (Å²) < 4.78 is 0. The standard InChI is InChI=1S/C10H12N2S.C4H4O4/c1-7-5-13-8(2)10(7)3-9-4-11-6-12-9;5-3(6)1-2-4(7)8/h4-6H,3H2,1-2H3,(H,11,12);1-2H,(H,5,6)(H,7,8). The van der Waals surface area contributed by atoms with Crippen LogP contribution < -0.4 is 0 Å². The quantitative estimate of drug-likeness (QED) is 0.752. The van der Waals surface area contributed by atoms with Crippen molar-refractivity contribution in [2.45, 2.75) is 20.3 Å². The van der Waals surface area contributed by atoms with Crippen LogP contribution in [-0.2, 0) is 16.0 Å². The first-order chi connectivity index (χ1) is 9.90. The number of imidazole rings is 1. The van der Waals surface area contributed by atoms with Gasteiger partial charge in [-0.15, -0.1) is 11.3 Å². The van der Waals surface area contributed by atoms with Gasteiger partial charge in [-0.25, -0.2) is 14.6 Å². The zero-order valence-electron chi connectivity index (χ0n) is 11.7. The third-order valence-corrected chi connectivity index (χ3v) is 3.68. The number of nitrogens with one attached hydrogen (secondary N) is 1. The van der Waals surface area contributed by atoms with Gasteiger partial charge in [0, 0.05) is 35.3 Å². The SMILES string of the molecule is Cc1csc(C)c1Cc1cnc[nH]1.O=C(O)C=CC(=O)O. The molecule has 0 aliphatic rings. The van der Waals surface area contributed by atoms with Crippen LogP contribution in [0.2, 0.25) is 0 Å². The van der Waals surface area contributed by atoms with Gasteiger partial charge in [-0.3, -0.25) is 0 Å². The smallest absolute Gasteiger partial charge is 0.328 e. The fourth-order valence-corrected chi connectivity index (χ4v) is 2.45. The summed E-state index contributed by atoms with van der Waals surface area (Å²) in [6, 6.07) is 0. The van der Waals surface area contributed by atoms with Gasteiger partial charge in [0.25, 0.3) is 0 Å². The van der Waals surface area contributed by atoms with Gasteiger partial charge in [-0.05, 0) is 30.4 Å². The van der Waals surface area contributed by atoms with Crippen LogP contribution in [-0.4, -0.2) is 32.1 Å². The third-order valence-electron chi connectivity index (χ3n) is 2.60. The first kappa shape index (κ1) is 16.6. The third kappa shape index (κ3) is 6.05. The highest BCUT2D eigenvalue weighted by Gasteiger charge is 2.06. The lowest BCUT2D eigenvalue weighted by molar-refractivity contribution is -0.134. The van der Waals surface area contributed by atoms with Gasteiger partial charge in [-0.1, -0.05) is 0 Å². The molecule has 0 unspecified atom stereocenters. The average Bonchev–Trinajstić information content (AvgIpc) is 3.03. The second-order valence-corrected chi connectivity index (χ2v) is 5.30. The predicted molar refractivity (Wildman–Crippen MR) is 79.6 cm³/mol. The fraction of sp³-hybridized carbons (Fsp3) is 0.214. The van der Waals surface area contributed by atoms with E-state index in [-0.39, 0.29) is 0 Å². The van der Waals surface area contributed by atoms with Crippen molar-refractivity contribution >= 4 is 23.3 Å². The van der Waals surface area contributed by atoms with Crippen LogP contribution in [0, 0.1) is 13.8 Å². The molecule has 0 atom stereocenters. The van der Waals surface area contributed by atoms with E-state index in [1.165, 1.54) is 21.7 Å². The number of aromatic amines is 1. The van der Waals surface area contributed by atoms with Crippen molar-refractivity contribution in [3.05, 3.63) is 51.8 Å². The van der Waals surface area contributed by atoms with Crippen molar-refractivity contribution in [1.82, 2.24) is 9.97 Å². The lowest BCUT2D eigenvalue weighted by Crippen LogP contribution is -1.91. The molecule has 0 aromatic carbocycles. The lowest BCUT2D eigenvalue weighted by Gasteiger charge is -1.99. The molecule has 0 aliphatic carbocycles. The summed E-state index contributed by atoms with van der Waals surface area (Å²) in [5, 5.41) is 17.8. The molecule has 112 valence electrons. The number of hydrogen-bond acceptors (Lipinski definition) is 4. The zero-order valence-corrected chi connectivity index (χ0v) is 12.5. The molecule has 0 amide bonds. The second-order valence-electron chi connectivity index (χ2n) is 4.22. The van der Waals surface area contributed by atoms with E-state index in [0.29, 0.717) is 12.2 Å². The summed E-state index contributed by atoms with van der Waals surface area (Å²) >= 11 is 1.82. The minimum absolute atomic E-state index is 0.558. The minimum Gasteiger partial charge on any atom is -0.478 e. The van der Waals surface area contributed by atoms with E-state index in [4.69, 9.17) is 10.2 Å². The Labute approximate surface area is 125 Å². The number of rotatable bonds is 4. The molecule has 0 fully saturated rings. The number of H-pyrrole nitrogens is 1. The topological polar surface area (TPSA) is 103 Å². The molecule has 2 heterocycles. The lowest BCUT2D eigenvalue weighted by atomic mass is 10.1. The van der Waals surface area contributed by atoms with Crippen LogP contribution in [0.3, 0.4) is 0 Å². The highest BCUT2D eigenvalue weighted by atomic mass is 32.1. The van der Waals surface area contributed by atoms with Crippen molar-refractivity contribution in [3.63, 3.8) is 0 Å². The summed E-state index contributed by atoms with van der Waals surface area (Å²) in [6.45, 7) is 4.33. The molecule has 2 rings (SSSR count). The van der Waals surface area contributed by atoms with Crippen LogP contribution in [0.25, 0.3) is 0 Å². The Morgan fingerprint density at radius 3 is 2.29 bits per heavy atom. The van der Waals surface area contributed by atoms with Gasteiger partial charge >= 0.3 is 11.9 Å². The van der Waals surface area contributed by atoms with E-state index in [0.717, 1.165) is 6.42 Å². The van der Waals surface area contributed by atoms with Crippen LogP contribution in [0.15, 0.2) is 30.1 Å². The highest BCUT2D eigenvalue weighted by Crippen LogP contribution is 2.22. The zero-order chi connectivity index (χ0) is 15.8. The van der Waals surface area contributed by atoms with Gasteiger partial charge in [0.15, 0.2) is 0 Å². The van der Waals surface area contributed by atoms with Gasteiger partial charge in [0.05, 0.1) is 6.33 Å². The van der Waals surface area contributed by atoms with Crippen molar-refractivity contribution in [2.75, 3.05) is 0 Å². The molecule has 7 heteroatoms. The first-order valence-electron chi connectivity index (χ1n) is 6.05. The highest BCUT2D eigenvalue weighted by molar-refractivity contribution is 7.10. The Kier molecular flexibility index (Phi) is 6.35. The summed E-state index contributed by atoms with van der Waals surface area (Å²) in [5.41, 5.74) is 4.01. The van der Waals surface area contributed by atoms with Crippen LogP contribution in [0.5, 0.6) is 0 Å². The van der Waals surface area contributed by atoms with Gasteiger partial charge in [-0.2, -0.15) is 0 Å². The van der Waals surface area contributed by atoms with E-state index in [1.807, 2.05) is 17.5 Å². The molecule has 0 spiro atoms. The van der Waals surface area contributed by atoms with Gasteiger partial charge < -0.3 is 15.2 Å². The molecule has 2 aromatic rings. The Bertz CT molecular complexity index is 594. The Morgan fingerprint density at radius 2 is 1.90 bits per heavy atom. The maximum Gasteiger partial charge on any atom is 0.328 e. The molecule has 0 saturated carbocycles. The number of thiophene rings is 1. The predicted octanol–water partition coefficient (Wildman–Crippen LogP) is 2.39. The van der Waals surface area contributed by atoms with Crippen molar-refractivity contribution in [2.24, 2.45) is 0 Å². The van der Waals surface area contributed by atoms with Crippen LogP contribution in [0.4, 0.5) is 0 Å². The Hall–Kier alpha value is -2.41. The van der Waals surface area contributed by atoms with Crippen molar-refractivity contribution in [1.29, 1.82) is 0 Å². The first-order valence-corrected chi connectivity index (χ1v) is 6.93. The largest absolute Gasteiger partial charge is 0.478 e. The summed E-state index contributed by atoms with van der Waals surface area (Å²) in [7, 11) is 0. The maximum atomic E-state index is 9.55. The number of carbonyl (C=O) groups is 2. The molecular formula is C14H16N2O4S. The van der Waals surface area contributed by atoms with E-state index < -0.39 is 11.9 Å². The fourth-order valence-electron chi connectivity index (χ4n) is 1.57. The Balaban J connectivity index is 0.000000240. The molecule has 0 bridgehead atoms. The van der Waals surface area contributed by atoms with E-state index in [2.05, 4.69) is 29.2 Å². The molecule has 0 saturated heterocycles. The van der Waals surface area contributed by atoms with Crippen molar-refractivity contribution in [3.8, 4) is 0 Å². The summed E-state index contributed by atoms with van der Waals surface area (Å²) in [4.78, 5) is 27.6. The number of carboxylic acid groups (broad SMARTS) is 2. The normalized spacial score (nSPS) is 10.2. The number of aryl methyl sites for hydroxylation is 2. The Morgan fingerprint density at radius 1 is 1.29 bits per heavy atom. The summed E-state index contributed by atoms with van der Waals surface area (Å²) in [5.74, 6) is -2.51. The molecule has 21 heavy (non-hydrogen) atoms. The molecular weight excluding hydrogens is 292 g/mol. The van der Waals surface area contributed by atoms with E-state index in [9.17, 15) is 9.59 Å². The van der Waals surface area contributed by atoms with Crippen LogP contribution >= 0.6 is 11.3 Å². The summed E-state index contributed by atoms with van der Waals surface area (Å²) in [6.07, 6.45) is 5.70. The van der Waals surface area contributed by atoms with Crippen molar-refractivity contribution < 1.29 is 19.8 Å². The average molecular weight is 308 g/mol. The number of hydrogen-bond donors (Lipinski definition) is 3. The number of nitrogens with zero attached hydrogens (tertiary/aromatic N) is 1.